The van der Waals surface area contributed by atoms with Crippen molar-refractivity contribution in [3.8, 4) is 11.3 Å². The van der Waals surface area contributed by atoms with Crippen LogP contribution in [0.2, 0.25) is 0 Å². The molecule has 4 amide bonds. The SMILES string of the molecule is CC[C@H](C)[C@H](NC(=O)O)C(=O)N[C@@H](Cc1ccccc1)[C@@H](O)C[C@H](Cc1ccc(-c2ccccn2)cc1)NC(=O)[C@@H](NC(=O)OC)C(C)(C)C. The molecule has 50 heavy (non-hydrogen) atoms. The number of aliphatic hydroxyl groups is 1. The molecule has 0 aliphatic rings. The first-order chi connectivity index (χ1) is 23.7. The summed E-state index contributed by atoms with van der Waals surface area (Å²) in [6.45, 7) is 9.09. The lowest BCUT2D eigenvalue weighted by Crippen LogP contribution is -2.57. The van der Waals surface area contributed by atoms with E-state index in [9.17, 15) is 29.4 Å². The van der Waals surface area contributed by atoms with E-state index >= 15 is 0 Å². The summed E-state index contributed by atoms with van der Waals surface area (Å²) in [5.41, 5.74) is 2.78. The number of aliphatic hydroxyl groups excluding tert-OH is 1. The predicted octanol–water partition coefficient (Wildman–Crippen LogP) is 4.71. The molecule has 0 saturated heterocycles. The molecule has 0 aliphatic heterocycles. The van der Waals surface area contributed by atoms with E-state index in [0.717, 1.165) is 22.4 Å². The molecule has 0 radical (unpaired) electrons. The third-order valence-electron chi connectivity index (χ3n) is 8.71. The second-order valence-corrected chi connectivity index (χ2v) is 13.7. The second-order valence-electron chi connectivity index (χ2n) is 13.7. The Morgan fingerprint density at radius 2 is 1.46 bits per heavy atom. The minimum absolute atomic E-state index is 0.0287. The van der Waals surface area contributed by atoms with Crippen molar-refractivity contribution < 1.29 is 34.1 Å². The second kappa shape index (κ2) is 18.7. The van der Waals surface area contributed by atoms with Crippen LogP contribution in [0.4, 0.5) is 9.59 Å². The number of alkyl carbamates (subject to hydrolysis) is 1. The molecular formula is C38H51N5O7. The zero-order chi connectivity index (χ0) is 36.8. The van der Waals surface area contributed by atoms with Gasteiger partial charge in [-0.25, -0.2) is 9.59 Å². The lowest BCUT2D eigenvalue weighted by molar-refractivity contribution is -0.127. The number of methoxy groups -OCH3 is 1. The van der Waals surface area contributed by atoms with Gasteiger partial charge in [0.15, 0.2) is 0 Å². The van der Waals surface area contributed by atoms with Crippen molar-refractivity contribution in [3.63, 3.8) is 0 Å². The molecule has 0 spiro atoms. The van der Waals surface area contributed by atoms with Crippen molar-refractivity contribution in [1.82, 2.24) is 26.3 Å². The van der Waals surface area contributed by atoms with Crippen LogP contribution < -0.4 is 21.3 Å². The highest BCUT2D eigenvalue weighted by atomic mass is 16.5. The molecule has 6 N–H and O–H groups in total. The number of carboxylic acid groups (broad SMARTS) is 1. The molecule has 12 nitrogen and oxygen atoms in total. The first-order valence-corrected chi connectivity index (χ1v) is 16.9. The lowest BCUT2D eigenvalue weighted by atomic mass is 9.85. The fourth-order valence-corrected chi connectivity index (χ4v) is 5.67. The van der Waals surface area contributed by atoms with Crippen LogP contribution in [-0.2, 0) is 27.2 Å². The Labute approximate surface area is 294 Å². The maximum absolute atomic E-state index is 13.8. The van der Waals surface area contributed by atoms with E-state index < -0.39 is 59.7 Å². The van der Waals surface area contributed by atoms with Gasteiger partial charge in [0.1, 0.15) is 12.1 Å². The van der Waals surface area contributed by atoms with Crippen LogP contribution in [0.3, 0.4) is 0 Å². The molecule has 0 fully saturated rings. The van der Waals surface area contributed by atoms with Crippen molar-refractivity contribution >= 4 is 24.0 Å². The molecule has 1 aromatic heterocycles. The normalized spacial score (nSPS) is 14.9. The number of hydrogen-bond acceptors (Lipinski definition) is 7. The van der Waals surface area contributed by atoms with Gasteiger partial charge in [-0.2, -0.15) is 0 Å². The third kappa shape index (κ3) is 12.2. The van der Waals surface area contributed by atoms with Gasteiger partial charge in [-0.15, -0.1) is 0 Å². The van der Waals surface area contributed by atoms with E-state index in [4.69, 9.17) is 4.74 Å². The molecule has 0 saturated carbocycles. The van der Waals surface area contributed by atoms with Crippen LogP contribution in [0, 0.1) is 11.3 Å². The van der Waals surface area contributed by atoms with E-state index in [0.29, 0.717) is 12.8 Å². The van der Waals surface area contributed by atoms with Crippen molar-refractivity contribution in [3.05, 3.63) is 90.1 Å². The van der Waals surface area contributed by atoms with Gasteiger partial charge in [0.05, 0.1) is 24.9 Å². The van der Waals surface area contributed by atoms with Crippen LogP contribution in [0.5, 0.6) is 0 Å². The van der Waals surface area contributed by atoms with E-state index in [1.54, 1.807) is 13.1 Å². The van der Waals surface area contributed by atoms with Crippen molar-refractivity contribution in [2.75, 3.05) is 7.11 Å². The Hall–Kier alpha value is -4.97. The topological polar surface area (TPSA) is 179 Å². The molecule has 1 heterocycles. The number of pyridine rings is 1. The summed E-state index contributed by atoms with van der Waals surface area (Å²) in [6, 6.07) is 19.3. The number of nitrogens with zero attached hydrogens (tertiary/aromatic N) is 1. The molecule has 0 unspecified atom stereocenters. The molecule has 2 aromatic carbocycles. The van der Waals surface area contributed by atoms with E-state index in [2.05, 4.69) is 26.3 Å². The van der Waals surface area contributed by atoms with Crippen LogP contribution in [0.25, 0.3) is 11.3 Å². The maximum atomic E-state index is 13.8. The fourth-order valence-electron chi connectivity index (χ4n) is 5.67. The molecule has 0 aliphatic carbocycles. The number of aromatic nitrogens is 1. The van der Waals surface area contributed by atoms with Crippen LogP contribution >= 0.6 is 0 Å². The summed E-state index contributed by atoms with van der Waals surface area (Å²) in [5.74, 6) is -1.32. The van der Waals surface area contributed by atoms with Crippen LogP contribution in [0.1, 0.15) is 58.6 Å². The number of amides is 4. The number of carbonyl (C=O) groups is 4. The Balaban J connectivity index is 1.94. The van der Waals surface area contributed by atoms with Gasteiger partial charge in [-0.05, 0) is 53.9 Å². The summed E-state index contributed by atoms with van der Waals surface area (Å²) < 4.78 is 4.77. The van der Waals surface area contributed by atoms with Gasteiger partial charge >= 0.3 is 12.2 Å². The summed E-state index contributed by atoms with van der Waals surface area (Å²) in [7, 11) is 1.22. The smallest absolute Gasteiger partial charge is 0.407 e. The highest BCUT2D eigenvalue weighted by Crippen LogP contribution is 2.22. The monoisotopic (exact) mass is 689 g/mol. The highest BCUT2D eigenvalue weighted by Gasteiger charge is 2.36. The Bertz CT molecular complexity index is 1530. The molecule has 3 rings (SSSR count). The molecule has 6 atom stereocenters. The summed E-state index contributed by atoms with van der Waals surface area (Å²) in [5, 5.41) is 32.1. The summed E-state index contributed by atoms with van der Waals surface area (Å²) in [4.78, 5) is 55.5. The number of hydrogen-bond donors (Lipinski definition) is 6. The average Bonchev–Trinajstić information content (AvgIpc) is 3.09. The number of rotatable bonds is 16. The third-order valence-corrected chi connectivity index (χ3v) is 8.71. The standard InChI is InChI=1S/C38H51N5O7/c1-7-24(2)32(42-36(47)48)34(45)41-30(22-25-13-9-8-10-14-25)31(44)23-28(40-35(46)33(38(3,4)5)43-37(49)50-6)21-26-16-18-27(19-17-26)29-15-11-12-20-39-29/h8-20,24,28,30-33,42,44H,7,21-23H2,1-6H3,(H,40,46)(H,41,45)(H,43,49)(H,47,48)/t24-,28-,30-,31-,32-,33+/m0/s1. The Kier molecular flexibility index (Phi) is 14.8. The zero-order valence-corrected chi connectivity index (χ0v) is 29.7. The minimum Gasteiger partial charge on any atom is -0.465 e. The van der Waals surface area contributed by atoms with Gasteiger partial charge < -0.3 is 36.2 Å². The van der Waals surface area contributed by atoms with Crippen molar-refractivity contribution in [2.45, 2.75) is 90.6 Å². The number of carbonyl (C=O) groups excluding carboxylic acids is 3. The molecule has 270 valence electrons. The number of ether oxygens (including phenoxy) is 1. The lowest BCUT2D eigenvalue weighted by Gasteiger charge is -2.33. The molecule has 3 aromatic rings. The fraction of sp³-hybridized carbons (Fsp3) is 0.447. The maximum Gasteiger partial charge on any atom is 0.407 e. The molecular weight excluding hydrogens is 638 g/mol. The van der Waals surface area contributed by atoms with E-state index in [1.165, 1.54) is 7.11 Å². The van der Waals surface area contributed by atoms with E-state index in [1.807, 2.05) is 100 Å². The number of nitrogens with one attached hydrogen (secondary N) is 4. The van der Waals surface area contributed by atoms with Gasteiger partial charge in [0.25, 0.3) is 0 Å². The Morgan fingerprint density at radius 3 is 2.02 bits per heavy atom. The van der Waals surface area contributed by atoms with Crippen molar-refractivity contribution in [2.24, 2.45) is 11.3 Å². The quantitative estimate of drug-likeness (QED) is 0.125. The largest absolute Gasteiger partial charge is 0.465 e. The van der Waals surface area contributed by atoms with Crippen LogP contribution in [0.15, 0.2) is 79.0 Å². The molecule has 0 bridgehead atoms. The summed E-state index contributed by atoms with van der Waals surface area (Å²) >= 11 is 0. The Morgan fingerprint density at radius 1 is 0.820 bits per heavy atom. The summed E-state index contributed by atoms with van der Waals surface area (Å²) in [6.07, 6.45) is -0.370. The van der Waals surface area contributed by atoms with Crippen molar-refractivity contribution in [1.29, 1.82) is 0 Å². The van der Waals surface area contributed by atoms with Gasteiger partial charge in [-0.3, -0.25) is 14.6 Å². The molecule has 12 heteroatoms. The minimum atomic E-state index is -1.32. The predicted molar refractivity (Wildman–Crippen MR) is 191 cm³/mol. The van der Waals surface area contributed by atoms with Gasteiger partial charge in [0, 0.05) is 17.8 Å². The van der Waals surface area contributed by atoms with Crippen LogP contribution in [-0.4, -0.2) is 76.6 Å². The first-order valence-electron chi connectivity index (χ1n) is 16.9. The highest BCUT2D eigenvalue weighted by molar-refractivity contribution is 5.87. The number of benzene rings is 2. The zero-order valence-electron chi connectivity index (χ0n) is 29.7. The van der Waals surface area contributed by atoms with E-state index in [-0.39, 0.29) is 18.8 Å². The average molecular weight is 690 g/mol. The first kappa shape index (κ1) is 39.5. The van der Waals surface area contributed by atoms with Gasteiger partial charge in [0.2, 0.25) is 11.8 Å². The van der Waals surface area contributed by atoms with Gasteiger partial charge in [-0.1, -0.05) is 102 Å².